The number of para-hydroxylation sites is 6. The van der Waals surface area contributed by atoms with Crippen LogP contribution in [0.3, 0.4) is 0 Å². The fraction of sp³-hybridized carbons (Fsp3) is 0.170. The van der Waals surface area contributed by atoms with Crippen molar-refractivity contribution in [3.63, 3.8) is 0 Å². The lowest BCUT2D eigenvalue weighted by molar-refractivity contribution is -0.122. The number of nitrogens with one attached hydrogen (secondary N) is 4. The Hall–Kier alpha value is -7.27. The molecule has 4 heterocycles. The SMILES string of the molecule is COc1cncc(C(Nc2ccccc2OC)C(C(=O)C(c2c[nH]c3ccccc23)C(Nc2ccccc2OC)c2cncc(OC)c2)c2c[nH]c3ccccc23)c1. The number of aromatic amines is 2. The normalized spacial score (nSPS) is 13.3. The third kappa shape index (κ3) is 7.37. The smallest absolute Gasteiger partial charge is 0.152 e. The maximum Gasteiger partial charge on any atom is 0.152 e. The van der Waals surface area contributed by atoms with E-state index in [0.717, 1.165) is 44.1 Å². The lowest BCUT2D eigenvalue weighted by Gasteiger charge is -2.35. The van der Waals surface area contributed by atoms with Gasteiger partial charge < -0.3 is 39.5 Å². The number of ketones is 1. The van der Waals surface area contributed by atoms with Gasteiger partial charge in [-0.2, -0.15) is 0 Å². The Kier molecular flexibility index (Phi) is 10.9. The number of fused-ring (bicyclic) bond motifs is 2. The summed E-state index contributed by atoms with van der Waals surface area (Å²) >= 11 is 0. The van der Waals surface area contributed by atoms with Gasteiger partial charge in [-0.05, 0) is 70.8 Å². The molecule has 8 aromatic rings. The largest absolute Gasteiger partial charge is 0.495 e. The summed E-state index contributed by atoms with van der Waals surface area (Å²) in [7, 11) is 6.48. The van der Waals surface area contributed by atoms with E-state index in [1.54, 1.807) is 53.2 Å². The molecule has 0 saturated heterocycles. The summed E-state index contributed by atoms with van der Waals surface area (Å²) in [6.07, 6.45) is 10.8. The average Bonchev–Trinajstić information content (AvgIpc) is 3.91. The van der Waals surface area contributed by atoms with Crippen molar-refractivity contribution in [3.05, 3.63) is 169 Å². The van der Waals surface area contributed by atoms with E-state index in [0.29, 0.717) is 34.4 Å². The molecule has 0 radical (unpaired) electrons. The zero-order valence-corrected chi connectivity index (χ0v) is 32.6. The van der Waals surface area contributed by atoms with E-state index in [4.69, 9.17) is 18.9 Å². The van der Waals surface area contributed by atoms with Crippen LogP contribution in [0.5, 0.6) is 23.0 Å². The van der Waals surface area contributed by atoms with Gasteiger partial charge in [-0.1, -0.05) is 60.7 Å². The maximum atomic E-state index is 16.7. The molecule has 4 atom stereocenters. The van der Waals surface area contributed by atoms with Crippen molar-refractivity contribution in [3.8, 4) is 23.0 Å². The molecule has 0 bridgehead atoms. The Morgan fingerprint density at radius 3 is 1.38 bits per heavy atom. The second kappa shape index (κ2) is 16.8. The van der Waals surface area contributed by atoms with Gasteiger partial charge in [-0.3, -0.25) is 14.8 Å². The summed E-state index contributed by atoms with van der Waals surface area (Å²) in [5, 5.41) is 9.36. The highest BCUT2D eigenvalue weighted by Gasteiger charge is 2.43. The number of methoxy groups -OCH3 is 4. The van der Waals surface area contributed by atoms with Gasteiger partial charge in [0.2, 0.25) is 0 Å². The maximum absolute atomic E-state index is 16.7. The quantitative estimate of drug-likeness (QED) is 0.0757. The second-order valence-electron chi connectivity index (χ2n) is 13.9. The van der Waals surface area contributed by atoms with Gasteiger partial charge in [0.05, 0.1) is 76.1 Å². The number of nitrogens with zero attached hydrogens (tertiary/aromatic N) is 2. The molecular formula is C47H44N6O5. The predicted octanol–water partition coefficient (Wildman–Crippen LogP) is 9.62. The van der Waals surface area contributed by atoms with Crippen LogP contribution in [0, 0.1) is 0 Å². The third-order valence-corrected chi connectivity index (χ3v) is 10.7. The number of pyridine rings is 2. The molecule has 4 aromatic heterocycles. The Morgan fingerprint density at radius 1 is 0.534 bits per heavy atom. The molecule has 0 aliphatic heterocycles. The topological polar surface area (TPSA) is 135 Å². The van der Waals surface area contributed by atoms with Gasteiger partial charge in [-0.25, -0.2) is 0 Å². The van der Waals surface area contributed by atoms with Crippen molar-refractivity contribution in [1.82, 2.24) is 19.9 Å². The van der Waals surface area contributed by atoms with Crippen molar-refractivity contribution < 1.29 is 23.7 Å². The summed E-state index contributed by atoms with van der Waals surface area (Å²) in [5.74, 6) is 0.601. The first-order valence-corrected chi connectivity index (χ1v) is 18.9. The fourth-order valence-corrected chi connectivity index (χ4v) is 7.91. The molecular weight excluding hydrogens is 729 g/mol. The van der Waals surface area contributed by atoms with Crippen LogP contribution < -0.4 is 29.6 Å². The van der Waals surface area contributed by atoms with E-state index in [1.807, 2.05) is 122 Å². The van der Waals surface area contributed by atoms with E-state index in [1.165, 1.54) is 0 Å². The number of hydrogen-bond acceptors (Lipinski definition) is 9. The van der Waals surface area contributed by atoms with Crippen LogP contribution in [-0.2, 0) is 4.79 Å². The lowest BCUT2D eigenvalue weighted by Crippen LogP contribution is -2.34. The molecule has 0 aliphatic rings. The number of benzene rings is 4. The Balaban J connectivity index is 1.42. The Morgan fingerprint density at radius 2 is 0.948 bits per heavy atom. The van der Waals surface area contributed by atoms with Crippen LogP contribution in [0.25, 0.3) is 21.8 Å². The molecule has 0 spiro atoms. The first kappa shape index (κ1) is 37.6. The molecule has 8 rings (SSSR count). The summed E-state index contributed by atoms with van der Waals surface area (Å²) in [6.45, 7) is 0. The monoisotopic (exact) mass is 772 g/mol. The van der Waals surface area contributed by atoms with E-state index in [9.17, 15) is 0 Å². The molecule has 11 nitrogen and oxygen atoms in total. The molecule has 4 aromatic carbocycles. The number of hydrogen-bond donors (Lipinski definition) is 4. The minimum absolute atomic E-state index is 0.0834. The lowest BCUT2D eigenvalue weighted by atomic mass is 9.73. The van der Waals surface area contributed by atoms with Crippen molar-refractivity contribution in [2.45, 2.75) is 23.9 Å². The molecule has 0 saturated carbocycles. The van der Waals surface area contributed by atoms with Gasteiger partial charge >= 0.3 is 0 Å². The van der Waals surface area contributed by atoms with Gasteiger partial charge in [0, 0.05) is 46.6 Å². The molecule has 0 amide bonds. The highest BCUT2D eigenvalue weighted by atomic mass is 16.5. The number of rotatable bonds is 16. The van der Waals surface area contributed by atoms with Gasteiger partial charge in [-0.15, -0.1) is 0 Å². The van der Waals surface area contributed by atoms with Crippen LogP contribution >= 0.6 is 0 Å². The van der Waals surface area contributed by atoms with Crippen LogP contribution in [-0.4, -0.2) is 54.2 Å². The van der Waals surface area contributed by atoms with Crippen molar-refractivity contribution >= 4 is 39.0 Å². The van der Waals surface area contributed by atoms with Gasteiger partial charge in [0.15, 0.2) is 5.78 Å². The van der Waals surface area contributed by atoms with Gasteiger partial charge in [0.25, 0.3) is 0 Å². The minimum Gasteiger partial charge on any atom is -0.495 e. The van der Waals surface area contributed by atoms with E-state index in [-0.39, 0.29) is 5.78 Å². The molecule has 58 heavy (non-hydrogen) atoms. The first-order chi connectivity index (χ1) is 28.5. The van der Waals surface area contributed by atoms with E-state index < -0.39 is 23.9 Å². The van der Waals surface area contributed by atoms with Crippen molar-refractivity contribution in [2.75, 3.05) is 39.1 Å². The highest BCUT2D eigenvalue weighted by molar-refractivity contribution is 6.01. The Labute approximate surface area is 336 Å². The predicted molar refractivity (Wildman–Crippen MR) is 227 cm³/mol. The zero-order valence-electron chi connectivity index (χ0n) is 32.6. The van der Waals surface area contributed by atoms with Crippen molar-refractivity contribution in [1.29, 1.82) is 0 Å². The minimum atomic E-state index is -0.839. The van der Waals surface area contributed by atoms with E-state index >= 15 is 4.79 Å². The number of aromatic nitrogens is 4. The third-order valence-electron chi connectivity index (χ3n) is 10.7. The van der Waals surface area contributed by atoms with Crippen LogP contribution in [0.1, 0.15) is 46.2 Å². The summed E-state index contributed by atoms with van der Waals surface area (Å²) in [4.78, 5) is 32.8. The number of Topliss-reactive ketones (excluding diaryl/α,β-unsaturated/α-hetero) is 1. The molecule has 0 aliphatic carbocycles. The van der Waals surface area contributed by atoms with E-state index in [2.05, 4.69) is 30.6 Å². The molecule has 292 valence electrons. The standard InChI is InChI=1S/C47H44N6O5/c1-55-31-21-29(23-48-25-31)45(52-39-17-9-11-19-41(39)57-3)43(35-27-50-37-15-7-5-13-33(35)37)47(54)44(36-28-51-38-16-8-6-14-34(36)38)46(30-22-32(56-2)26-49-24-30)53-40-18-10-12-20-42(40)58-4/h5-28,43-46,50-53H,1-4H3. The average molecular weight is 773 g/mol. The van der Waals surface area contributed by atoms with Crippen LogP contribution in [0.4, 0.5) is 11.4 Å². The number of ether oxygens (including phenoxy) is 4. The molecule has 11 heteroatoms. The number of carbonyl (C=O) groups is 1. The van der Waals surface area contributed by atoms with Crippen molar-refractivity contribution in [2.24, 2.45) is 0 Å². The Bertz CT molecular complexity index is 2490. The number of carbonyl (C=O) groups excluding carboxylic acids is 1. The second-order valence-corrected chi connectivity index (χ2v) is 13.9. The number of anilines is 2. The highest BCUT2D eigenvalue weighted by Crippen LogP contribution is 2.48. The number of H-pyrrole nitrogens is 2. The van der Waals surface area contributed by atoms with Gasteiger partial charge in [0.1, 0.15) is 23.0 Å². The van der Waals surface area contributed by atoms with Crippen LogP contribution in [0.15, 0.2) is 146 Å². The fourth-order valence-electron chi connectivity index (χ4n) is 7.91. The molecule has 4 unspecified atom stereocenters. The summed E-state index contributed by atoms with van der Waals surface area (Å²) in [5.41, 5.74) is 6.31. The summed E-state index contributed by atoms with van der Waals surface area (Å²) < 4.78 is 23.1. The van der Waals surface area contributed by atoms with Crippen LogP contribution in [0.2, 0.25) is 0 Å². The first-order valence-electron chi connectivity index (χ1n) is 18.9. The molecule has 0 fully saturated rings. The molecule has 4 N–H and O–H groups in total. The summed E-state index contributed by atoms with van der Waals surface area (Å²) in [6, 6.07) is 33.9. The zero-order chi connectivity index (χ0) is 40.0.